The predicted molar refractivity (Wildman–Crippen MR) is 108 cm³/mol. The van der Waals surface area contributed by atoms with Gasteiger partial charge < -0.3 is 15.4 Å². The molecule has 0 radical (unpaired) electrons. The highest BCUT2D eigenvalue weighted by Gasteiger charge is 2.43. The fourth-order valence-corrected chi connectivity index (χ4v) is 3.94. The van der Waals surface area contributed by atoms with Gasteiger partial charge in [0, 0.05) is 36.8 Å². The molecule has 1 aliphatic carbocycles. The molecule has 3 rings (SSSR count). The molecule has 2 aromatic rings. The minimum atomic E-state index is -0.305. The number of nitrogens with one attached hydrogen (secondary N) is 2. The molecule has 1 aromatic heterocycles. The summed E-state index contributed by atoms with van der Waals surface area (Å²) in [4.78, 5) is 28.4. The summed E-state index contributed by atoms with van der Waals surface area (Å²) in [6.07, 6.45) is 3.67. The summed E-state index contributed by atoms with van der Waals surface area (Å²) < 4.78 is 5.44. The van der Waals surface area contributed by atoms with Gasteiger partial charge in [-0.15, -0.1) is 11.3 Å². The van der Waals surface area contributed by atoms with Crippen LogP contribution in [0.5, 0.6) is 0 Å². The highest BCUT2D eigenvalue weighted by Crippen LogP contribution is 2.45. The molecule has 6 nitrogen and oxygen atoms in total. The summed E-state index contributed by atoms with van der Waals surface area (Å²) in [7, 11) is 0. The molecule has 1 fully saturated rings. The van der Waals surface area contributed by atoms with Crippen molar-refractivity contribution in [1.82, 2.24) is 4.98 Å². The lowest BCUT2D eigenvalue weighted by molar-refractivity contribution is -0.132. The number of benzene rings is 1. The first kappa shape index (κ1) is 19.5. The quantitative estimate of drug-likeness (QED) is 0.662. The van der Waals surface area contributed by atoms with Gasteiger partial charge in [0.15, 0.2) is 5.13 Å². The zero-order valence-electron chi connectivity index (χ0n) is 15.7. The van der Waals surface area contributed by atoms with Gasteiger partial charge in [-0.25, -0.2) is 4.98 Å². The molecule has 1 aliphatic rings. The third-order valence-corrected chi connectivity index (χ3v) is 5.70. The van der Waals surface area contributed by atoms with Crippen LogP contribution in [0.25, 0.3) is 11.3 Å². The van der Waals surface area contributed by atoms with E-state index in [1.54, 1.807) is 0 Å². The molecule has 1 heterocycles. The van der Waals surface area contributed by atoms with E-state index in [0.29, 0.717) is 18.3 Å². The lowest BCUT2D eigenvalue weighted by Gasteiger charge is -2.39. The number of hydrogen-bond donors (Lipinski definition) is 2. The second-order valence-corrected chi connectivity index (χ2v) is 7.69. The Morgan fingerprint density at radius 3 is 2.56 bits per heavy atom. The first-order valence-corrected chi connectivity index (χ1v) is 10.1. The first-order chi connectivity index (χ1) is 13.0. The van der Waals surface area contributed by atoms with Crippen LogP contribution in [0.1, 0.15) is 39.5 Å². The molecule has 1 aromatic carbocycles. The Balaban J connectivity index is 1.63. The van der Waals surface area contributed by atoms with Crippen LogP contribution in [0.4, 0.5) is 10.8 Å². The number of carbonyl (C=O) groups excluding carboxylic acids is 2. The predicted octanol–water partition coefficient (Wildman–Crippen LogP) is 4.30. The molecule has 0 aliphatic heterocycles. The van der Waals surface area contributed by atoms with Gasteiger partial charge in [0.05, 0.1) is 11.1 Å². The van der Waals surface area contributed by atoms with Crippen LogP contribution in [0.3, 0.4) is 0 Å². The Hall–Kier alpha value is -2.25. The second-order valence-electron chi connectivity index (χ2n) is 6.83. The minimum absolute atomic E-state index is 0.0513. The van der Waals surface area contributed by atoms with Crippen LogP contribution in [0.15, 0.2) is 29.6 Å². The number of nitrogens with zero attached hydrogens (tertiary/aromatic N) is 1. The van der Waals surface area contributed by atoms with E-state index in [4.69, 9.17) is 4.74 Å². The number of hydrogen-bond acceptors (Lipinski definition) is 5. The zero-order chi connectivity index (χ0) is 19.3. The Bertz CT molecular complexity index is 797. The molecule has 0 saturated heterocycles. The van der Waals surface area contributed by atoms with Crippen LogP contribution in [0, 0.1) is 5.41 Å². The summed E-state index contributed by atoms with van der Waals surface area (Å²) in [6.45, 7) is 4.74. The second kappa shape index (κ2) is 8.63. The number of amides is 2. The van der Waals surface area contributed by atoms with Gasteiger partial charge in [0.1, 0.15) is 0 Å². The average molecular weight is 388 g/mol. The Morgan fingerprint density at radius 1 is 1.22 bits per heavy atom. The highest BCUT2D eigenvalue weighted by molar-refractivity contribution is 7.14. The topological polar surface area (TPSA) is 80.3 Å². The number of rotatable bonds is 8. The van der Waals surface area contributed by atoms with Crippen molar-refractivity contribution in [2.45, 2.75) is 39.5 Å². The lowest BCUT2D eigenvalue weighted by atomic mass is 9.66. The van der Waals surface area contributed by atoms with Crippen molar-refractivity contribution in [2.75, 3.05) is 23.8 Å². The van der Waals surface area contributed by atoms with Crippen molar-refractivity contribution in [3.05, 3.63) is 29.6 Å². The van der Waals surface area contributed by atoms with Gasteiger partial charge in [-0.05, 0) is 38.3 Å². The molecule has 0 unspecified atom stereocenters. The molecule has 2 N–H and O–H groups in total. The molecule has 2 amide bonds. The summed E-state index contributed by atoms with van der Waals surface area (Å²) in [5.41, 5.74) is 2.19. The van der Waals surface area contributed by atoms with Crippen LogP contribution in [-0.2, 0) is 14.3 Å². The van der Waals surface area contributed by atoms with E-state index in [2.05, 4.69) is 15.6 Å². The van der Waals surface area contributed by atoms with Crippen LogP contribution >= 0.6 is 11.3 Å². The normalized spacial score (nSPS) is 15.0. The third-order valence-electron chi connectivity index (χ3n) is 4.95. The van der Waals surface area contributed by atoms with E-state index in [9.17, 15) is 9.59 Å². The van der Waals surface area contributed by atoms with Gasteiger partial charge >= 0.3 is 0 Å². The molecule has 27 heavy (non-hydrogen) atoms. The fraction of sp³-hybridized carbons (Fsp3) is 0.450. The Kier molecular flexibility index (Phi) is 6.23. The summed E-state index contributed by atoms with van der Waals surface area (Å²) in [5.74, 6) is -0.0500. The van der Waals surface area contributed by atoms with E-state index in [-0.39, 0.29) is 17.2 Å². The van der Waals surface area contributed by atoms with Crippen molar-refractivity contribution >= 4 is 34.0 Å². The first-order valence-electron chi connectivity index (χ1n) is 9.25. The SMILES string of the molecule is CCOCCC1(C(=O)Nc2nc(-c3ccc(NC(C)=O)cc3)cs2)CCC1. The van der Waals surface area contributed by atoms with Gasteiger partial charge in [-0.1, -0.05) is 18.6 Å². The number of ether oxygens (including phenoxy) is 1. The largest absolute Gasteiger partial charge is 0.382 e. The monoisotopic (exact) mass is 387 g/mol. The molecular formula is C20H25N3O3S. The molecule has 1 saturated carbocycles. The number of anilines is 2. The van der Waals surface area contributed by atoms with Crippen molar-refractivity contribution in [3.8, 4) is 11.3 Å². The van der Waals surface area contributed by atoms with Crippen LogP contribution < -0.4 is 10.6 Å². The van der Waals surface area contributed by atoms with E-state index in [0.717, 1.165) is 42.6 Å². The zero-order valence-corrected chi connectivity index (χ0v) is 16.5. The smallest absolute Gasteiger partial charge is 0.232 e. The van der Waals surface area contributed by atoms with Crippen LogP contribution in [-0.4, -0.2) is 30.0 Å². The van der Waals surface area contributed by atoms with E-state index < -0.39 is 0 Å². The van der Waals surface area contributed by atoms with Crippen molar-refractivity contribution in [3.63, 3.8) is 0 Å². The molecule has 0 spiro atoms. The van der Waals surface area contributed by atoms with E-state index in [1.165, 1.54) is 18.3 Å². The van der Waals surface area contributed by atoms with E-state index >= 15 is 0 Å². The average Bonchev–Trinajstić information content (AvgIpc) is 3.06. The summed E-state index contributed by atoms with van der Waals surface area (Å²) in [6, 6.07) is 7.49. The highest BCUT2D eigenvalue weighted by atomic mass is 32.1. The number of thiazole rings is 1. The van der Waals surface area contributed by atoms with E-state index in [1.807, 2.05) is 36.6 Å². The Labute approximate surface area is 163 Å². The molecule has 144 valence electrons. The van der Waals surface area contributed by atoms with Crippen LogP contribution in [0.2, 0.25) is 0 Å². The van der Waals surface area contributed by atoms with Gasteiger partial charge in [0.2, 0.25) is 11.8 Å². The fourth-order valence-electron chi connectivity index (χ4n) is 3.23. The summed E-state index contributed by atoms with van der Waals surface area (Å²) >= 11 is 1.42. The van der Waals surface area contributed by atoms with Crippen molar-refractivity contribution in [1.29, 1.82) is 0 Å². The van der Waals surface area contributed by atoms with Crippen molar-refractivity contribution < 1.29 is 14.3 Å². The third kappa shape index (κ3) is 4.73. The molecule has 7 heteroatoms. The Morgan fingerprint density at radius 2 is 1.96 bits per heavy atom. The lowest BCUT2D eigenvalue weighted by Crippen LogP contribution is -2.42. The maximum Gasteiger partial charge on any atom is 0.232 e. The molecule has 0 bridgehead atoms. The van der Waals surface area contributed by atoms with Gasteiger partial charge in [0.25, 0.3) is 0 Å². The molecule has 0 atom stereocenters. The standard InChI is InChI=1S/C20H25N3O3S/c1-3-26-12-11-20(9-4-10-20)18(25)23-19-22-17(13-27-19)15-5-7-16(8-6-15)21-14(2)24/h5-8,13H,3-4,9-12H2,1-2H3,(H,21,24)(H,22,23,25). The van der Waals surface area contributed by atoms with Gasteiger partial charge in [-0.2, -0.15) is 0 Å². The maximum atomic E-state index is 12.8. The number of aromatic nitrogens is 1. The van der Waals surface area contributed by atoms with Crippen molar-refractivity contribution in [2.24, 2.45) is 5.41 Å². The minimum Gasteiger partial charge on any atom is -0.382 e. The number of carbonyl (C=O) groups is 2. The summed E-state index contributed by atoms with van der Waals surface area (Å²) in [5, 5.41) is 8.28. The molecular weight excluding hydrogens is 362 g/mol. The maximum absolute atomic E-state index is 12.8. The van der Waals surface area contributed by atoms with Gasteiger partial charge in [-0.3, -0.25) is 9.59 Å².